The molecule has 2 fully saturated rings. The molecule has 0 aromatic carbocycles. The molecule has 0 aromatic heterocycles. The number of halogens is 1. The quantitative estimate of drug-likeness (QED) is 0.839. The summed E-state index contributed by atoms with van der Waals surface area (Å²) in [6.07, 6.45) is 10.9. The van der Waals surface area contributed by atoms with Gasteiger partial charge in [-0.15, -0.1) is 12.4 Å². The lowest BCUT2D eigenvalue weighted by Crippen LogP contribution is -2.46. The Morgan fingerprint density at radius 1 is 1.00 bits per heavy atom. The summed E-state index contributed by atoms with van der Waals surface area (Å²) < 4.78 is 0. The lowest BCUT2D eigenvalue weighted by molar-refractivity contribution is -0.123. The van der Waals surface area contributed by atoms with E-state index in [0.717, 1.165) is 38.8 Å². The van der Waals surface area contributed by atoms with Gasteiger partial charge in [0.05, 0.1) is 6.54 Å². The van der Waals surface area contributed by atoms with Crippen molar-refractivity contribution in [3.63, 3.8) is 0 Å². The van der Waals surface area contributed by atoms with Crippen LogP contribution in [0.25, 0.3) is 0 Å². The smallest absolute Gasteiger partial charge is 0.234 e. The molecule has 0 unspecified atom stereocenters. The summed E-state index contributed by atoms with van der Waals surface area (Å²) in [5.41, 5.74) is 5.88. The first-order valence-electron chi connectivity index (χ1n) is 8.01. The van der Waals surface area contributed by atoms with Crippen LogP contribution in [0.4, 0.5) is 0 Å². The molecule has 4 nitrogen and oxygen atoms in total. The van der Waals surface area contributed by atoms with E-state index in [9.17, 15) is 4.79 Å². The minimum absolute atomic E-state index is 0. The predicted octanol–water partition coefficient (Wildman–Crippen LogP) is 2.06. The summed E-state index contributed by atoms with van der Waals surface area (Å²) in [6.45, 7) is 2.50. The number of nitrogens with two attached hydrogens (primary N) is 1. The number of likely N-dealkylation sites (tertiary alicyclic amines) is 1. The van der Waals surface area contributed by atoms with Crippen LogP contribution in [0.5, 0.6) is 0 Å². The Morgan fingerprint density at radius 2 is 1.55 bits per heavy atom. The molecule has 0 radical (unpaired) electrons. The van der Waals surface area contributed by atoms with Crippen LogP contribution in [0.15, 0.2) is 0 Å². The van der Waals surface area contributed by atoms with Crippen molar-refractivity contribution in [2.75, 3.05) is 19.6 Å². The highest BCUT2D eigenvalue weighted by Crippen LogP contribution is 2.17. The maximum Gasteiger partial charge on any atom is 0.234 e. The van der Waals surface area contributed by atoms with Gasteiger partial charge in [-0.1, -0.05) is 32.1 Å². The zero-order valence-electron chi connectivity index (χ0n) is 12.5. The molecule has 3 N–H and O–H groups in total. The summed E-state index contributed by atoms with van der Waals surface area (Å²) in [5.74, 6) is 0.209. The molecular weight excluding hydrogens is 274 g/mol. The van der Waals surface area contributed by atoms with Crippen molar-refractivity contribution < 1.29 is 4.79 Å². The highest BCUT2D eigenvalue weighted by atomic mass is 35.5. The van der Waals surface area contributed by atoms with Crippen molar-refractivity contribution >= 4 is 18.3 Å². The lowest BCUT2D eigenvalue weighted by Gasteiger charge is -2.30. The lowest BCUT2D eigenvalue weighted by atomic mass is 9.97. The molecule has 2 aliphatic rings. The number of carbonyl (C=O) groups excluding carboxylic acids is 1. The van der Waals surface area contributed by atoms with Gasteiger partial charge in [-0.05, 0) is 25.7 Å². The zero-order chi connectivity index (χ0) is 13.5. The van der Waals surface area contributed by atoms with Crippen LogP contribution in [-0.2, 0) is 4.79 Å². The van der Waals surface area contributed by atoms with E-state index in [2.05, 4.69) is 10.2 Å². The fourth-order valence-electron chi connectivity index (χ4n) is 3.19. The van der Waals surface area contributed by atoms with Crippen molar-refractivity contribution in [1.82, 2.24) is 10.2 Å². The van der Waals surface area contributed by atoms with Crippen molar-refractivity contribution in [3.8, 4) is 0 Å². The van der Waals surface area contributed by atoms with Crippen molar-refractivity contribution in [2.24, 2.45) is 5.73 Å². The van der Waals surface area contributed by atoms with Crippen LogP contribution in [0.3, 0.4) is 0 Å². The normalized spacial score (nSPS) is 23.4. The molecule has 20 heavy (non-hydrogen) atoms. The Hall–Kier alpha value is -0.320. The van der Waals surface area contributed by atoms with Gasteiger partial charge in [0.1, 0.15) is 0 Å². The number of nitrogens with one attached hydrogen (secondary N) is 1. The average Bonchev–Trinajstić information content (AvgIpc) is 2.35. The number of piperidine rings is 1. The number of hydrogen-bond acceptors (Lipinski definition) is 3. The van der Waals surface area contributed by atoms with Crippen LogP contribution in [-0.4, -0.2) is 42.5 Å². The topological polar surface area (TPSA) is 58.4 Å². The molecular formula is C15H30ClN3O. The molecule has 2 rings (SSSR count). The first-order valence-corrected chi connectivity index (χ1v) is 8.01. The molecule has 1 aliphatic carbocycles. The third-order valence-corrected chi connectivity index (χ3v) is 4.47. The molecule has 0 aromatic rings. The number of hydrogen-bond donors (Lipinski definition) is 2. The largest absolute Gasteiger partial charge is 0.352 e. The van der Waals surface area contributed by atoms with Gasteiger partial charge in [-0.25, -0.2) is 0 Å². The second-order valence-electron chi connectivity index (χ2n) is 6.22. The SMILES string of the molecule is Cl.NC1CCN(CC(=O)NC2CCCCCCC2)CC1. The zero-order valence-corrected chi connectivity index (χ0v) is 13.3. The maximum atomic E-state index is 12.1. The predicted molar refractivity (Wildman–Crippen MR) is 85.1 cm³/mol. The van der Waals surface area contributed by atoms with Gasteiger partial charge >= 0.3 is 0 Å². The Kier molecular flexibility index (Phi) is 8.50. The highest BCUT2D eigenvalue weighted by molar-refractivity contribution is 5.85. The fourth-order valence-corrected chi connectivity index (χ4v) is 3.19. The minimum atomic E-state index is 0. The summed E-state index contributed by atoms with van der Waals surface area (Å²) in [6, 6.07) is 0.754. The second kappa shape index (κ2) is 9.59. The van der Waals surface area contributed by atoms with E-state index in [0.29, 0.717) is 18.6 Å². The molecule has 118 valence electrons. The van der Waals surface area contributed by atoms with Crippen molar-refractivity contribution in [2.45, 2.75) is 69.9 Å². The molecule has 1 saturated heterocycles. The van der Waals surface area contributed by atoms with E-state index >= 15 is 0 Å². The monoisotopic (exact) mass is 303 g/mol. The van der Waals surface area contributed by atoms with Gasteiger partial charge in [-0.2, -0.15) is 0 Å². The third-order valence-electron chi connectivity index (χ3n) is 4.47. The average molecular weight is 304 g/mol. The van der Waals surface area contributed by atoms with Crippen molar-refractivity contribution in [1.29, 1.82) is 0 Å². The summed E-state index contributed by atoms with van der Waals surface area (Å²) in [4.78, 5) is 14.3. The Labute approximate surface area is 129 Å². The minimum Gasteiger partial charge on any atom is -0.352 e. The van der Waals surface area contributed by atoms with E-state index in [-0.39, 0.29) is 18.3 Å². The molecule has 1 aliphatic heterocycles. The standard InChI is InChI=1S/C15H29N3O.ClH/c16-13-8-10-18(11-9-13)12-15(19)17-14-6-4-2-1-3-5-7-14;/h13-14H,1-12,16H2,(H,17,19);1H. The van der Waals surface area contributed by atoms with E-state index < -0.39 is 0 Å². The van der Waals surface area contributed by atoms with Crippen LogP contribution in [0, 0.1) is 0 Å². The highest BCUT2D eigenvalue weighted by Gasteiger charge is 2.20. The van der Waals surface area contributed by atoms with Crippen LogP contribution < -0.4 is 11.1 Å². The van der Waals surface area contributed by atoms with Crippen LogP contribution in [0.1, 0.15) is 57.8 Å². The summed E-state index contributed by atoms with van der Waals surface area (Å²) in [7, 11) is 0. The number of rotatable bonds is 3. The van der Waals surface area contributed by atoms with Gasteiger partial charge in [-0.3, -0.25) is 9.69 Å². The van der Waals surface area contributed by atoms with Gasteiger partial charge in [0.2, 0.25) is 5.91 Å². The number of amides is 1. The Morgan fingerprint density at radius 3 is 2.15 bits per heavy atom. The first kappa shape index (κ1) is 17.7. The molecule has 5 heteroatoms. The van der Waals surface area contributed by atoms with E-state index in [1.165, 1.54) is 32.1 Å². The molecule has 0 atom stereocenters. The van der Waals surface area contributed by atoms with Crippen molar-refractivity contribution in [3.05, 3.63) is 0 Å². The van der Waals surface area contributed by atoms with Gasteiger partial charge in [0.15, 0.2) is 0 Å². The van der Waals surface area contributed by atoms with E-state index in [1.807, 2.05) is 0 Å². The molecule has 0 bridgehead atoms. The summed E-state index contributed by atoms with van der Waals surface area (Å²) in [5, 5.41) is 3.23. The first-order chi connectivity index (χ1) is 9.24. The Bertz CT molecular complexity index is 272. The van der Waals surface area contributed by atoms with Gasteiger partial charge in [0.25, 0.3) is 0 Å². The molecule has 1 saturated carbocycles. The summed E-state index contributed by atoms with van der Waals surface area (Å²) >= 11 is 0. The third kappa shape index (κ3) is 6.42. The van der Waals surface area contributed by atoms with Gasteiger partial charge in [0, 0.05) is 25.2 Å². The molecule has 1 heterocycles. The molecule has 0 spiro atoms. The van der Waals surface area contributed by atoms with Gasteiger partial charge < -0.3 is 11.1 Å². The number of carbonyl (C=O) groups is 1. The van der Waals surface area contributed by atoms with Crippen LogP contribution in [0.2, 0.25) is 0 Å². The maximum absolute atomic E-state index is 12.1. The van der Waals surface area contributed by atoms with E-state index in [4.69, 9.17) is 5.73 Å². The second-order valence-corrected chi connectivity index (χ2v) is 6.22. The van der Waals surface area contributed by atoms with Crippen LogP contribution >= 0.6 is 12.4 Å². The van der Waals surface area contributed by atoms with E-state index in [1.54, 1.807) is 0 Å². The number of nitrogens with zero attached hydrogens (tertiary/aromatic N) is 1. The fraction of sp³-hybridized carbons (Fsp3) is 0.933. The molecule has 1 amide bonds. The Balaban J connectivity index is 0.00000200.